The Morgan fingerprint density at radius 2 is 1.83 bits per heavy atom. The van der Waals surface area contributed by atoms with Crippen molar-refractivity contribution in [3.63, 3.8) is 0 Å². The molecule has 1 aromatic heterocycles. The monoisotopic (exact) mass is 309 g/mol. The molecule has 0 atom stereocenters. The molecule has 0 amide bonds. The van der Waals surface area contributed by atoms with Crippen LogP contribution in [0.2, 0.25) is 0 Å². The van der Waals surface area contributed by atoms with E-state index >= 15 is 0 Å². The Balaban J connectivity index is 1.84. The molecular weight excluding hydrogens is 290 g/mol. The Morgan fingerprint density at radius 1 is 1.13 bits per heavy atom. The van der Waals surface area contributed by atoms with Crippen LogP contribution < -0.4 is 0 Å². The normalized spacial score (nSPS) is 10.7. The third-order valence-electron chi connectivity index (χ3n) is 3.37. The fraction of sp³-hybridized carbons (Fsp3) is 0.222. The van der Waals surface area contributed by atoms with Crippen molar-refractivity contribution in [2.45, 2.75) is 20.3 Å². The number of aromatic nitrogens is 3. The molecule has 23 heavy (non-hydrogen) atoms. The molecule has 2 aromatic carbocycles. The molecule has 0 bridgehead atoms. The van der Waals surface area contributed by atoms with Gasteiger partial charge in [0, 0.05) is 6.42 Å². The van der Waals surface area contributed by atoms with Gasteiger partial charge in [0.05, 0.1) is 12.9 Å². The van der Waals surface area contributed by atoms with Crippen LogP contribution in [-0.2, 0) is 11.2 Å². The first kappa shape index (κ1) is 15.1. The lowest BCUT2D eigenvalue weighted by Gasteiger charge is -2.07. The summed E-state index contributed by atoms with van der Waals surface area (Å²) in [6.07, 6.45) is 2.50. The molecule has 0 aliphatic rings. The van der Waals surface area contributed by atoms with Crippen LogP contribution in [0.1, 0.15) is 19.4 Å². The van der Waals surface area contributed by atoms with Crippen molar-refractivity contribution in [1.29, 1.82) is 0 Å². The number of aromatic hydroxyl groups is 1. The lowest BCUT2D eigenvalue weighted by atomic mass is 10.1. The molecule has 5 nitrogen and oxygen atoms in total. The molecule has 118 valence electrons. The van der Waals surface area contributed by atoms with Gasteiger partial charge in [0.1, 0.15) is 22.5 Å². The minimum atomic E-state index is 0.152. The zero-order valence-electron chi connectivity index (χ0n) is 13.2. The molecule has 0 unspecified atom stereocenters. The Kier molecular flexibility index (Phi) is 4.28. The van der Waals surface area contributed by atoms with E-state index in [0.29, 0.717) is 12.3 Å². The van der Waals surface area contributed by atoms with Crippen LogP contribution in [0.25, 0.3) is 16.7 Å². The Morgan fingerprint density at radius 3 is 2.48 bits per heavy atom. The summed E-state index contributed by atoms with van der Waals surface area (Å²) in [5.41, 5.74) is 4.35. The van der Waals surface area contributed by atoms with Crippen molar-refractivity contribution in [3.8, 4) is 11.4 Å². The molecular formula is C18H19N3O2. The van der Waals surface area contributed by atoms with E-state index in [0.717, 1.165) is 28.6 Å². The van der Waals surface area contributed by atoms with Gasteiger partial charge >= 0.3 is 0 Å². The quantitative estimate of drug-likeness (QED) is 0.578. The van der Waals surface area contributed by atoms with E-state index in [2.05, 4.69) is 10.2 Å². The van der Waals surface area contributed by atoms with E-state index in [-0.39, 0.29) is 5.75 Å². The minimum absolute atomic E-state index is 0.152. The maximum atomic E-state index is 10.1. The number of allylic oxidation sites excluding steroid dienone is 1. The molecule has 0 aliphatic carbocycles. The SMILES string of the molecule is CC(C)=COCCc1ccc(O)c(-n2nc3ccccc3n2)c1. The number of nitrogens with zero attached hydrogens (tertiary/aromatic N) is 3. The standard InChI is InChI=1S/C18H19N3O2/c1-13(2)12-23-10-9-14-7-8-18(22)17(11-14)21-19-15-5-3-4-6-16(15)20-21/h3-8,11-12,22H,9-10H2,1-2H3. The first-order chi connectivity index (χ1) is 11.1. The summed E-state index contributed by atoms with van der Waals surface area (Å²) in [4.78, 5) is 1.47. The lowest BCUT2D eigenvalue weighted by Crippen LogP contribution is -2.01. The average molecular weight is 309 g/mol. The molecule has 3 aromatic rings. The maximum absolute atomic E-state index is 10.1. The van der Waals surface area contributed by atoms with Gasteiger partial charge in [-0.3, -0.25) is 0 Å². The second kappa shape index (κ2) is 6.52. The van der Waals surface area contributed by atoms with Gasteiger partial charge in [-0.2, -0.15) is 0 Å². The molecule has 0 radical (unpaired) electrons. The van der Waals surface area contributed by atoms with Gasteiger partial charge in [-0.15, -0.1) is 15.0 Å². The van der Waals surface area contributed by atoms with Crippen molar-refractivity contribution in [2.75, 3.05) is 6.61 Å². The first-order valence-corrected chi connectivity index (χ1v) is 7.53. The number of benzene rings is 2. The molecule has 1 N–H and O–H groups in total. The molecule has 5 heteroatoms. The van der Waals surface area contributed by atoms with Crippen molar-refractivity contribution in [1.82, 2.24) is 15.0 Å². The summed E-state index contributed by atoms with van der Waals surface area (Å²) in [6.45, 7) is 4.57. The zero-order chi connectivity index (χ0) is 16.2. The van der Waals surface area contributed by atoms with E-state index in [1.165, 1.54) is 4.80 Å². The lowest BCUT2D eigenvalue weighted by molar-refractivity contribution is 0.251. The number of phenolic OH excluding ortho intramolecular Hbond substituents is 1. The van der Waals surface area contributed by atoms with Gasteiger partial charge in [0.2, 0.25) is 0 Å². The van der Waals surface area contributed by atoms with Gasteiger partial charge in [0.25, 0.3) is 0 Å². The number of hydrogen-bond donors (Lipinski definition) is 1. The Bertz CT molecular complexity index is 815. The van der Waals surface area contributed by atoms with E-state index < -0.39 is 0 Å². The molecule has 3 rings (SSSR count). The van der Waals surface area contributed by atoms with Crippen molar-refractivity contribution in [3.05, 3.63) is 59.9 Å². The van der Waals surface area contributed by atoms with E-state index in [1.54, 1.807) is 12.3 Å². The zero-order valence-corrected chi connectivity index (χ0v) is 13.2. The average Bonchev–Trinajstić information content (AvgIpc) is 2.96. The fourth-order valence-electron chi connectivity index (χ4n) is 2.25. The second-order valence-corrected chi connectivity index (χ2v) is 5.62. The van der Waals surface area contributed by atoms with Crippen LogP contribution >= 0.6 is 0 Å². The second-order valence-electron chi connectivity index (χ2n) is 5.62. The van der Waals surface area contributed by atoms with Crippen molar-refractivity contribution in [2.24, 2.45) is 0 Å². The van der Waals surface area contributed by atoms with Crippen LogP contribution in [0.15, 0.2) is 54.3 Å². The first-order valence-electron chi connectivity index (χ1n) is 7.53. The number of fused-ring (bicyclic) bond motifs is 1. The van der Waals surface area contributed by atoms with Crippen LogP contribution in [0.3, 0.4) is 0 Å². The van der Waals surface area contributed by atoms with Gasteiger partial charge in [0.15, 0.2) is 0 Å². The van der Waals surface area contributed by atoms with Gasteiger partial charge < -0.3 is 9.84 Å². The Hall–Kier alpha value is -2.82. The fourth-order valence-corrected chi connectivity index (χ4v) is 2.25. The highest BCUT2D eigenvalue weighted by atomic mass is 16.5. The Labute approximate surface area is 134 Å². The number of ether oxygens (including phenoxy) is 1. The predicted molar refractivity (Wildman–Crippen MR) is 89.6 cm³/mol. The number of rotatable bonds is 5. The number of hydrogen-bond acceptors (Lipinski definition) is 4. The van der Waals surface area contributed by atoms with Crippen LogP contribution in [-0.4, -0.2) is 26.7 Å². The summed E-state index contributed by atoms with van der Waals surface area (Å²) in [5, 5.41) is 18.9. The summed E-state index contributed by atoms with van der Waals surface area (Å²) < 4.78 is 5.46. The minimum Gasteiger partial charge on any atom is -0.506 e. The summed E-state index contributed by atoms with van der Waals surface area (Å²) in [6, 6.07) is 13.1. The van der Waals surface area contributed by atoms with Crippen LogP contribution in [0.5, 0.6) is 5.75 Å². The van der Waals surface area contributed by atoms with E-state index in [1.807, 2.05) is 50.2 Å². The van der Waals surface area contributed by atoms with Crippen molar-refractivity contribution >= 4 is 11.0 Å². The maximum Gasteiger partial charge on any atom is 0.143 e. The predicted octanol–water partition coefficient (Wildman–Crippen LogP) is 3.61. The molecule has 0 saturated carbocycles. The summed E-state index contributed by atoms with van der Waals surface area (Å²) in [7, 11) is 0. The summed E-state index contributed by atoms with van der Waals surface area (Å²) >= 11 is 0. The highest BCUT2D eigenvalue weighted by Gasteiger charge is 2.09. The summed E-state index contributed by atoms with van der Waals surface area (Å²) in [5.74, 6) is 0.152. The number of phenols is 1. The van der Waals surface area contributed by atoms with E-state index in [4.69, 9.17) is 4.74 Å². The highest BCUT2D eigenvalue weighted by molar-refractivity contribution is 5.73. The topological polar surface area (TPSA) is 60.2 Å². The van der Waals surface area contributed by atoms with Gasteiger partial charge in [-0.25, -0.2) is 0 Å². The third-order valence-corrected chi connectivity index (χ3v) is 3.37. The molecule has 0 aliphatic heterocycles. The van der Waals surface area contributed by atoms with Crippen molar-refractivity contribution < 1.29 is 9.84 Å². The van der Waals surface area contributed by atoms with Crippen LogP contribution in [0.4, 0.5) is 0 Å². The van der Waals surface area contributed by atoms with E-state index in [9.17, 15) is 5.11 Å². The largest absolute Gasteiger partial charge is 0.506 e. The van der Waals surface area contributed by atoms with Gasteiger partial charge in [-0.1, -0.05) is 18.2 Å². The smallest absolute Gasteiger partial charge is 0.143 e. The molecule has 0 spiro atoms. The third kappa shape index (κ3) is 3.51. The molecule has 0 saturated heterocycles. The molecule has 1 heterocycles. The highest BCUT2D eigenvalue weighted by Crippen LogP contribution is 2.23. The molecule has 0 fully saturated rings. The van der Waals surface area contributed by atoms with Crippen LogP contribution in [0, 0.1) is 0 Å². The van der Waals surface area contributed by atoms with Gasteiger partial charge in [-0.05, 0) is 49.2 Å².